The predicted molar refractivity (Wildman–Crippen MR) is 109 cm³/mol. The zero-order valence-corrected chi connectivity index (χ0v) is 17.5. The van der Waals surface area contributed by atoms with Crippen LogP contribution in [0.1, 0.15) is 13.8 Å². The zero-order valence-electron chi connectivity index (χ0n) is 15.2. The topological polar surface area (TPSA) is 84.5 Å². The van der Waals surface area contributed by atoms with Gasteiger partial charge >= 0.3 is 0 Å². The lowest BCUT2D eigenvalue weighted by molar-refractivity contribution is -0.117. The van der Waals surface area contributed by atoms with E-state index in [1.165, 1.54) is 19.1 Å². The van der Waals surface area contributed by atoms with E-state index in [-0.39, 0.29) is 15.7 Å². The lowest BCUT2D eigenvalue weighted by atomic mass is 10.3. The van der Waals surface area contributed by atoms with Gasteiger partial charge in [-0.3, -0.25) is 4.79 Å². The number of sulfonamides is 1. The summed E-state index contributed by atoms with van der Waals surface area (Å²) in [6.07, 6.45) is 1.93. The third-order valence-corrected chi connectivity index (χ3v) is 6.08. The number of hydrogen-bond acceptors (Lipinski definition) is 5. The van der Waals surface area contributed by atoms with E-state index < -0.39 is 22.0 Å². The molecule has 0 aliphatic rings. The fourth-order valence-corrected chi connectivity index (χ4v) is 4.34. The number of rotatable bonds is 8. The Morgan fingerprint density at radius 1 is 1.26 bits per heavy atom. The van der Waals surface area contributed by atoms with Gasteiger partial charge in [-0.25, -0.2) is 8.42 Å². The van der Waals surface area contributed by atoms with Gasteiger partial charge in [0.05, 0.1) is 12.6 Å². The number of anilines is 1. The van der Waals surface area contributed by atoms with Crippen molar-refractivity contribution in [2.24, 2.45) is 0 Å². The van der Waals surface area contributed by atoms with Gasteiger partial charge in [0.15, 0.2) is 0 Å². The molecule has 0 aromatic heterocycles. The second-order valence-electron chi connectivity index (χ2n) is 5.59. The van der Waals surface area contributed by atoms with Crippen molar-refractivity contribution < 1.29 is 17.9 Å². The average Bonchev–Trinajstić information content (AvgIpc) is 2.63. The summed E-state index contributed by atoms with van der Waals surface area (Å²) in [6.45, 7) is 3.51. The van der Waals surface area contributed by atoms with Gasteiger partial charge in [-0.15, -0.1) is 11.8 Å². The summed E-state index contributed by atoms with van der Waals surface area (Å²) in [5.41, 5.74) is 0.593. The molecule has 0 bridgehead atoms. The average molecular weight is 429 g/mol. The quantitative estimate of drug-likeness (QED) is 0.625. The number of amides is 1. The molecule has 27 heavy (non-hydrogen) atoms. The first-order valence-corrected chi connectivity index (χ1v) is 11.2. The summed E-state index contributed by atoms with van der Waals surface area (Å²) < 4.78 is 33.2. The van der Waals surface area contributed by atoms with Crippen molar-refractivity contribution >= 4 is 45.0 Å². The van der Waals surface area contributed by atoms with Gasteiger partial charge in [-0.2, -0.15) is 4.72 Å². The van der Waals surface area contributed by atoms with E-state index in [4.69, 9.17) is 16.3 Å². The number of carbonyl (C=O) groups is 1. The first kappa shape index (κ1) is 21.6. The molecule has 0 heterocycles. The van der Waals surface area contributed by atoms with Crippen LogP contribution in [-0.4, -0.2) is 33.2 Å². The standard InChI is InChI=1S/C18H21ClN2O4S2/c1-4-25-16-9-8-13(19)10-17(16)27(23,24)21-12(2)18(22)20-14-6-5-7-15(11-14)26-3/h5-12,21H,4H2,1-3H3,(H,20,22). The van der Waals surface area contributed by atoms with Gasteiger partial charge in [0.1, 0.15) is 10.6 Å². The number of carbonyl (C=O) groups excluding carboxylic acids is 1. The SMILES string of the molecule is CCOc1ccc(Cl)cc1S(=O)(=O)NC(C)C(=O)Nc1cccc(SC)c1. The summed E-state index contributed by atoms with van der Waals surface area (Å²) in [7, 11) is -4.01. The van der Waals surface area contributed by atoms with Gasteiger partial charge in [0.25, 0.3) is 0 Å². The maximum atomic E-state index is 12.7. The second-order valence-corrected chi connectivity index (χ2v) is 8.59. The number of halogens is 1. The molecule has 2 rings (SSSR count). The van der Waals surface area contributed by atoms with E-state index in [0.717, 1.165) is 4.90 Å². The Morgan fingerprint density at radius 2 is 2.00 bits per heavy atom. The first-order valence-electron chi connectivity index (χ1n) is 8.16. The molecule has 1 atom stereocenters. The van der Waals surface area contributed by atoms with Crippen LogP contribution in [0.15, 0.2) is 52.3 Å². The molecule has 1 unspecified atom stereocenters. The molecule has 0 saturated carbocycles. The number of thioether (sulfide) groups is 1. The monoisotopic (exact) mass is 428 g/mol. The van der Waals surface area contributed by atoms with Crippen LogP contribution >= 0.6 is 23.4 Å². The van der Waals surface area contributed by atoms with Crippen LogP contribution in [0, 0.1) is 0 Å². The van der Waals surface area contributed by atoms with Crippen LogP contribution in [0.5, 0.6) is 5.75 Å². The largest absolute Gasteiger partial charge is 0.492 e. The van der Waals surface area contributed by atoms with Crippen molar-refractivity contribution in [3.8, 4) is 5.75 Å². The molecule has 146 valence electrons. The first-order chi connectivity index (χ1) is 12.8. The summed E-state index contributed by atoms with van der Waals surface area (Å²) >= 11 is 7.47. The van der Waals surface area contributed by atoms with Crippen molar-refractivity contribution in [2.45, 2.75) is 29.7 Å². The third kappa shape index (κ3) is 5.87. The van der Waals surface area contributed by atoms with Gasteiger partial charge in [-0.1, -0.05) is 17.7 Å². The van der Waals surface area contributed by atoms with E-state index in [9.17, 15) is 13.2 Å². The smallest absolute Gasteiger partial charge is 0.245 e. The predicted octanol–water partition coefficient (Wildman–Crippen LogP) is 3.77. The summed E-state index contributed by atoms with van der Waals surface area (Å²) in [4.78, 5) is 13.3. The van der Waals surface area contributed by atoms with Crippen molar-refractivity contribution in [1.29, 1.82) is 0 Å². The minimum Gasteiger partial charge on any atom is -0.492 e. The minimum absolute atomic E-state index is 0.110. The molecule has 6 nitrogen and oxygen atoms in total. The number of ether oxygens (including phenoxy) is 1. The maximum Gasteiger partial charge on any atom is 0.245 e. The number of hydrogen-bond donors (Lipinski definition) is 2. The van der Waals surface area contributed by atoms with Crippen LogP contribution in [0.2, 0.25) is 5.02 Å². The van der Waals surface area contributed by atoms with Crippen molar-refractivity contribution in [3.63, 3.8) is 0 Å². The van der Waals surface area contributed by atoms with E-state index in [1.807, 2.05) is 24.5 Å². The number of nitrogens with one attached hydrogen (secondary N) is 2. The Kier molecular flexibility index (Phi) is 7.55. The Balaban J connectivity index is 2.17. The Hall–Kier alpha value is -1.74. The van der Waals surface area contributed by atoms with Crippen LogP contribution in [0.25, 0.3) is 0 Å². The van der Waals surface area contributed by atoms with Crippen molar-refractivity contribution in [2.75, 3.05) is 18.2 Å². The van der Waals surface area contributed by atoms with Crippen molar-refractivity contribution in [1.82, 2.24) is 4.72 Å². The fourth-order valence-electron chi connectivity index (χ4n) is 2.27. The van der Waals surface area contributed by atoms with E-state index in [0.29, 0.717) is 12.3 Å². The van der Waals surface area contributed by atoms with Crippen LogP contribution < -0.4 is 14.8 Å². The molecule has 0 aliphatic heterocycles. The molecule has 0 radical (unpaired) electrons. The minimum atomic E-state index is -4.01. The van der Waals surface area contributed by atoms with E-state index in [1.54, 1.807) is 30.8 Å². The summed E-state index contributed by atoms with van der Waals surface area (Å²) in [6, 6.07) is 10.6. The number of benzene rings is 2. The normalized spacial score (nSPS) is 12.4. The maximum absolute atomic E-state index is 12.7. The molecule has 1 amide bonds. The molecule has 0 aliphatic carbocycles. The Labute approximate surface area is 168 Å². The molecular formula is C18H21ClN2O4S2. The molecule has 0 saturated heterocycles. The highest BCUT2D eigenvalue weighted by Gasteiger charge is 2.25. The lowest BCUT2D eigenvalue weighted by Gasteiger charge is -2.17. The molecular weight excluding hydrogens is 408 g/mol. The zero-order chi connectivity index (χ0) is 20.0. The van der Waals surface area contributed by atoms with E-state index in [2.05, 4.69) is 10.0 Å². The van der Waals surface area contributed by atoms with Crippen molar-refractivity contribution in [3.05, 3.63) is 47.5 Å². The van der Waals surface area contributed by atoms with E-state index >= 15 is 0 Å². The third-order valence-electron chi connectivity index (χ3n) is 3.56. The highest BCUT2D eigenvalue weighted by atomic mass is 35.5. The Bertz CT molecular complexity index is 919. The molecule has 9 heteroatoms. The molecule has 0 spiro atoms. The van der Waals surface area contributed by atoms with Crippen LogP contribution in [0.3, 0.4) is 0 Å². The Morgan fingerprint density at radius 3 is 2.67 bits per heavy atom. The molecule has 0 fully saturated rings. The van der Waals surface area contributed by atoms with Gasteiger partial charge in [0, 0.05) is 15.6 Å². The van der Waals surface area contributed by atoms with Gasteiger partial charge in [-0.05, 0) is 56.5 Å². The van der Waals surface area contributed by atoms with Gasteiger partial charge in [0.2, 0.25) is 15.9 Å². The van der Waals surface area contributed by atoms with Crippen LogP contribution in [-0.2, 0) is 14.8 Å². The highest BCUT2D eigenvalue weighted by Crippen LogP contribution is 2.27. The molecule has 2 N–H and O–H groups in total. The molecule has 2 aromatic carbocycles. The van der Waals surface area contributed by atoms with Crippen LogP contribution in [0.4, 0.5) is 5.69 Å². The van der Waals surface area contributed by atoms with Gasteiger partial charge < -0.3 is 10.1 Å². The lowest BCUT2D eigenvalue weighted by Crippen LogP contribution is -2.41. The summed E-state index contributed by atoms with van der Waals surface area (Å²) in [5, 5.41) is 2.96. The fraction of sp³-hybridized carbons (Fsp3) is 0.278. The highest BCUT2D eigenvalue weighted by molar-refractivity contribution is 7.98. The second kappa shape index (κ2) is 9.45. The summed E-state index contributed by atoms with van der Waals surface area (Å²) in [5.74, 6) is -0.300. The molecule has 2 aromatic rings.